The Morgan fingerprint density at radius 1 is 1.36 bits per heavy atom. The molecule has 5 nitrogen and oxygen atoms in total. The van der Waals surface area contributed by atoms with E-state index in [0.717, 1.165) is 24.9 Å². The van der Waals surface area contributed by atoms with E-state index in [1.54, 1.807) is 12.3 Å². The van der Waals surface area contributed by atoms with Crippen molar-refractivity contribution in [3.05, 3.63) is 40.2 Å². The van der Waals surface area contributed by atoms with Gasteiger partial charge < -0.3 is 15.6 Å². The molecule has 1 amide bonds. The molecule has 0 saturated carbocycles. The van der Waals surface area contributed by atoms with E-state index in [1.165, 1.54) is 0 Å². The first-order chi connectivity index (χ1) is 10.5. The molecule has 0 aliphatic carbocycles. The van der Waals surface area contributed by atoms with Crippen molar-refractivity contribution in [1.82, 2.24) is 9.88 Å². The molecule has 1 unspecified atom stereocenters. The van der Waals surface area contributed by atoms with Gasteiger partial charge in [0.2, 0.25) is 5.43 Å². The number of nitrogens with zero attached hydrogens (tertiary/aromatic N) is 1. The number of pyridine rings is 1. The molecule has 2 rings (SSSR count). The number of nitrogens with two attached hydrogens (primary N) is 1. The van der Waals surface area contributed by atoms with Crippen LogP contribution in [0.15, 0.2) is 29.2 Å². The summed E-state index contributed by atoms with van der Waals surface area (Å²) in [5.74, 6) is -0.339. The van der Waals surface area contributed by atoms with Crippen molar-refractivity contribution >= 4 is 22.5 Å². The molecule has 0 radical (unpaired) electrons. The van der Waals surface area contributed by atoms with Crippen LogP contribution in [-0.4, -0.2) is 16.5 Å². The van der Waals surface area contributed by atoms with Crippen LogP contribution >= 0.6 is 0 Å². The number of fused-ring (bicyclic) bond motifs is 1. The summed E-state index contributed by atoms with van der Waals surface area (Å²) in [5.41, 5.74) is 7.00. The molecule has 0 aliphatic rings. The number of benzene rings is 1. The van der Waals surface area contributed by atoms with Crippen molar-refractivity contribution in [2.75, 3.05) is 5.73 Å². The van der Waals surface area contributed by atoms with Crippen molar-refractivity contribution in [1.29, 1.82) is 0 Å². The minimum Gasteiger partial charge on any atom is -0.398 e. The highest BCUT2D eigenvalue weighted by Gasteiger charge is 2.17. The number of aromatic nitrogens is 1. The van der Waals surface area contributed by atoms with Gasteiger partial charge in [-0.05, 0) is 31.9 Å². The van der Waals surface area contributed by atoms with Gasteiger partial charge >= 0.3 is 0 Å². The molecule has 1 aromatic heterocycles. The number of carbonyl (C=O) groups is 1. The number of hydrogen-bond acceptors (Lipinski definition) is 3. The molecule has 0 saturated heterocycles. The summed E-state index contributed by atoms with van der Waals surface area (Å²) in [6.45, 7) is 6.68. The number of aryl methyl sites for hydroxylation is 1. The monoisotopic (exact) mass is 301 g/mol. The fourth-order valence-corrected chi connectivity index (χ4v) is 2.45. The average molecular weight is 301 g/mol. The molecule has 0 fully saturated rings. The minimum atomic E-state index is -0.339. The maximum absolute atomic E-state index is 12.7. The minimum absolute atomic E-state index is 0.0235. The number of amides is 1. The Morgan fingerprint density at radius 2 is 2.09 bits per heavy atom. The first kappa shape index (κ1) is 16.1. The highest BCUT2D eigenvalue weighted by atomic mass is 16.2. The smallest absolute Gasteiger partial charge is 0.256 e. The molecule has 1 aromatic carbocycles. The molecule has 1 heterocycles. The average Bonchev–Trinajstić information content (AvgIpc) is 2.49. The lowest BCUT2D eigenvalue weighted by Crippen LogP contribution is -2.35. The Balaban J connectivity index is 2.65. The summed E-state index contributed by atoms with van der Waals surface area (Å²) in [6, 6.07) is 5.40. The van der Waals surface area contributed by atoms with Crippen LogP contribution < -0.4 is 16.5 Å². The van der Waals surface area contributed by atoms with Crippen LogP contribution in [0.1, 0.15) is 44.0 Å². The molecule has 2 aromatic rings. The topological polar surface area (TPSA) is 77.1 Å². The van der Waals surface area contributed by atoms with Gasteiger partial charge in [-0.3, -0.25) is 9.59 Å². The van der Waals surface area contributed by atoms with Crippen molar-refractivity contribution in [2.45, 2.75) is 46.2 Å². The fraction of sp³-hybridized carbons (Fsp3) is 0.412. The third kappa shape index (κ3) is 2.98. The van der Waals surface area contributed by atoms with Gasteiger partial charge in [0, 0.05) is 24.5 Å². The molecule has 0 bridgehead atoms. The molecule has 5 heteroatoms. The summed E-state index contributed by atoms with van der Waals surface area (Å²) in [6.07, 6.45) is 3.36. The van der Waals surface area contributed by atoms with Crippen LogP contribution in [0.4, 0.5) is 5.69 Å². The van der Waals surface area contributed by atoms with E-state index in [4.69, 9.17) is 5.73 Å². The van der Waals surface area contributed by atoms with E-state index in [2.05, 4.69) is 12.2 Å². The molecule has 1 atom stereocenters. The van der Waals surface area contributed by atoms with Gasteiger partial charge in [-0.25, -0.2) is 0 Å². The SMILES string of the molecule is CCCn1cc(C(=O)NC(C)CC)c(=O)c2c(N)cccc21. The number of hydrogen-bond donors (Lipinski definition) is 2. The Labute approximate surface area is 130 Å². The van der Waals surface area contributed by atoms with Gasteiger partial charge in [-0.2, -0.15) is 0 Å². The molecule has 0 aliphatic heterocycles. The number of carbonyl (C=O) groups excluding carboxylic acids is 1. The summed E-state index contributed by atoms with van der Waals surface area (Å²) in [4.78, 5) is 25.0. The maximum atomic E-state index is 12.7. The quantitative estimate of drug-likeness (QED) is 0.833. The van der Waals surface area contributed by atoms with Crippen LogP contribution in [0.3, 0.4) is 0 Å². The fourth-order valence-electron chi connectivity index (χ4n) is 2.45. The first-order valence-corrected chi connectivity index (χ1v) is 7.72. The van der Waals surface area contributed by atoms with E-state index in [0.29, 0.717) is 11.1 Å². The lowest BCUT2D eigenvalue weighted by molar-refractivity contribution is 0.0937. The predicted molar refractivity (Wildman–Crippen MR) is 90.1 cm³/mol. The Morgan fingerprint density at radius 3 is 2.73 bits per heavy atom. The Bertz CT molecular complexity index is 749. The van der Waals surface area contributed by atoms with Gasteiger partial charge in [-0.1, -0.05) is 19.9 Å². The number of rotatable bonds is 5. The summed E-state index contributed by atoms with van der Waals surface area (Å²) < 4.78 is 1.93. The van der Waals surface area contributed by atoms with E-state index >= 15 is 0 Å². The van der Waals surface area contributed by atoms with Crippen molar-refractivity contribution < 1.29 is 4.79 Å². The Kier molecular flexibility index (Phi) is 4.85. The molecule has 3 N–H and O–H groups in total. The summed E-state index contributed by atoms with van der Waals surface area (Å²) in [7, 11) is 0. The standard InChI is InChI=1S/C17H23N3O2/c1-4-9-20-10-12(17(22)19-11(3)5-2)16(21)15-13(18)7-6-8-14(15)20/h6-8,10-11H,4-5,9,18H2,1-3H3,(H,19,22). The molecular formula is C17H23N3O2. The normalized spacial score (nSPS) is 12.3. The Hall–Kier alpha value is -2.30. The molecule has 0 spiro atoms. The second kappa shape index (κ2) is 6.64. The van der Waals surface area contributed by atoms with Gasteiger partial charge in [-0.15, -0.1) is 0 Å². The maximum Gasteiger partial charge on any atom is 0.256 e. The van der Waals surface area contributed by atoms with Crippen molar-refractivity contribution in [3.63, 3.8) is 0 Å². The van der Waals surface area contributed by atoms with E-state index in [-0.39, 0.29) is 22.9 Å². The van der Waals surface area contributed by atoms with E-state index < -0.39 is 0 Å². The van der Waals surface area contributed by atoms with Crippen LogP contribution in [0.5, 0.6) is 0 Å². The number of anilines is 1. The van der Waals surface area contributed by atoms with Crippen LogP contribution in [-0.2, 0) is 6.54 Å². The van der Waals surface area contributed by atoms with Gasteiger partial charge in [0.15, 0.2) is 0 Å². The summed E-state index contributed by atoms with van der Waals surface area (Å²) in [5, 5.41) is 3.27. The second-order valence-electron chi connectivity index (χ2n) is 5.59. The highest BCUT2D eigenvalue weighted by molar-refractivity contribution is 6.00. The zero-order valence-corrected chi connectivity index (χ0v) is 13.3. The lowest BCUT2D eigenvalue weighted by Gasteiger charge is -2.15. The van der Waals surface area contributed by atoms with Crippen LogP contribution in [0.2, 0.25) is 0 Å². The van der Waals surface area contributed by atoms with Crippen LogP contribution in [0, 0.1) is 0 Å². The third-order valence-electron chi connectivity index (χ3n) is 3.84. The second-order valence-corrected chi connectivity index (χ2v) is 5.59. The molecule has 118 valence electrons. The van der Waals surface area contributed by atoms with Crippen LogP contribution in [0.25, 0.3) is 10.9 Å². The number of nitrogen functional groups attached to an aromatic ring is 1. The van der Waals surface area contributed by atoms with Gasteiger partial charge in [0.25, 0.3) is 5.91 Å². The van der Waals surface area contributed by atoms with Gasteiger partial charge in [0.05, 0.1) is 10.9 Å². The van der Waals surface area contributed by atoms with E-state index in [1.807, 2.05) is 30.5 Å². The van der Waals surface area contributed by atoms with Crippen molar-refractivity contribution in [2.24, 2.45) is 0 Å². The highest BCUT2D eigenvalue weighted by Crippen LogP contribution is 2.18. The summed E-state index contributed by atoms with van der Waals surface area (Å²) >= 11 is 0. The zero-order valence-electron chi connectivity index (χ0n) is 13.3. The lowest BCUT2D eigenvalue weighted by atomic mass is 10.1. The van der Waals surface area contributed by atoms with Crippen molar-refractivity contribution in [3.8, 4) is 0 Å². The first-order valence-electron chi connectivity index (χ1n) is 7.72. The van der Waals surface area contributed by atoms with E-state index in [9.17, 15) is 9.59 Å². The molecule has 22 heavy (non-hydrogen) atoms. The number of nitrogens with one attached hydrogen (secondary N) is 1. The molecular weight excluding hydrogens is 278 g/mol. The third-order valence-corrected chi connectivity index (χ3v) is 3.84. The van der Waals surface area contributed by atoms with Gasteiger partial charge in [0.1, 0.15) is 5.56 Å². The predicted octanol–water partition coefficient (Wildman–Crippen LogP) is 2.52. The largest absolute Gasteiger partial charge is 0.398 e. The zero-order chi connectivity index (χ0) is 16.3.